The summed E-state index contributed by atoms with van der Waals surface area (Å²) in [4.78, 5) is 0. The predicted octanol–water partition coefficient (Wildman–Crippen LogP) is 9.48. The van der Waals surface area contributed by atoms with E-state index >= 15 is 8.78 Å². The monoisotopic (exact) mass is 472 g/mol. The molecule has 2 aliphatic carbocycles. The molecule has 1 nitrogen and oxygen atoms in total. The van der Waals surface area contributed by atoms with Crippen molar-refractivity contribution in [3.05, 3.63) is 53.9 Å². The van der Waals surface area contributed by atoms with Crippen molar-refractivity contribution in [3.63, 3.8) is 0 Å². The van der Waals surface area contributed by atoms with E-state index in [1.165, 1.54) is 69.9 Å². The van der Waals surface area contributed by atoms with Crippen molar-refractivity contribution >= 4 is 10.8 Å². The standard InChI is InChI=1S/C30H39F3O/c1-3-5-6-7-8-9-20-10-11-22-18-23(13-12-21(22)17-20)25-19-24-14-15-26(34-16-4-2)29(32)27(24)30(33)28(25)31/h4,14-15,19-23H,2-3,5-13,16-18H2,1H3. The predicted molar refractivity (Wildman–Crippen MR) is 134 cm³/mol. The van der Waals surface area contributed by atoms with Crippen LogP contribution in [-0.2, 0) is 0 Å². The normalized spacial score (nSPS) is 24.7. The number of hydrogen-bond acceptors (Lipinski definition) is 1. The first-order valence-electron chi connectivity index (χ1n) is 13.4. The summed E-state index contributed by atoms with van der Waals surface area (Å²) < 4.78 is 50.4. The topological polar surface area (TPSA) is 9.23 Å². The lowest BCUT2D eigenvalue weighted by Crippen LogP contribution is -2.30. The zero-order chi connectivity index (χ0) is 24.1. The molecule has 0 radical (unpaired) electrons. The minimum Gasteiger partial charge on any atom is -0.486 e. The van der Waals surface area contributed by atoms with Crippen LogP contribution < -0.4 is 4.74 Å². The maximum atomic E-state index is 15.2. The molecule has 2 saturated carbocycles. The lowest BCUT2D eigenvalue weighted by molar-refractivity contribution is 0.112. The fraction of sp³-hybridized carbons (Fsp3) is 0.600. The molecule has 0 N–H and O–H groups in total. The molecule has 0 spiro atoms. The van der Waals surface area contributed by atoms with E-state index in [1.807, 2.05) is 0 Å². The molecule has 0 aromatic heterocycles. The van der Waals surface area contributed by atoms with Gasteiger partial charge in [-0.1, -0.05) is 70.6 Å². The minimum absolute atomic E-state index is 0.00509. The third-order valence-electron chi connectivity index (χ3n) is 8.35. The first-order chi connectivity index (χ1) is 16.5. The van der Waals surface area contributed by atoms with Gasteiger partial charge in [-0.3, -0.25) is 0 Å². The molecule has 4 atom stereocenters. The molecular weight excluding hydrogens is 433 g/mol. The van der Waals surface area contributed by atoms with E-state index < -0.39 is 17.5 Å². The maximum absolute atomic E-state index is 15.2. The first-order valence-corrected chi connectivity index (χ1v) is 13.4. The minimum atomic E-state index is -1.09. The van der Waals surface area contributed by atoms with Gasteiger partial charge >= 0.3 is 0 Å². The van der Waals surface area contributed by atoms with Gasteiger partial charge in [-0.15, -0.1) is 0 Å². The summed E-state index contributed by atoms with van der Waals surface area (Å²) in [6, 6.07) is 4.78. The highest BCUT2D eigenvalue weighted by molar-refractivity contribution is 5.86. The molecule has 2 aromatic carbocycles. The largest absolute Gasteiger partial charge is 0.486 e. The van der Waals surface area contributed by atoms with Gasteiger partial charge in [0.2, 0.25) is 0 Å². The molecule has 34 heavy (non-hydrogen) atoms. The van der Waals surface area contributed by atoms with Crippen molar-refractivity contribution in [2.24, 2.45) is 17.8 Å². The summed E-state index contributed by atoms with van der Waals surface area (Å²) >= 11 is 0. The van der Waals surface area contributed by atoms with E-state index in [0.717, 1.165) is 31.1 Å². The van der Waals surface area contributed by atoms with Crippen LogP contribution in [0.3, 0.4) is 0 Å². The van der Waals surface area contributed by atoms with E-state index in [-0.39, 0.29) is 23.7 Å². The average Bonchev–Trinajstić information content (AvgIpc) is 2.85. The number of unbranched alkanes of at least 4 members (excludes halogenated alkanes) is 4. The molecule has 4 unspecified atom stereocenters. The van der Waals surface area contributed by atoms with Gasteiger partial charge in [-0.25, -0.2) is 13.2 Å². The number of fused-ring (bicyclic) bond motifs is 2. The Hall–Kier alpha value is -1.97. The second kappa shape index (κ2) is 11.6. The van der Waals surface area contributed by atoms with Crippen LogP contribution in [0, 0.1) is 35.2 Å². The van der Waals surface area contributed by atoms with Crippen LogP contribution in [0.5, 0.6) is 5.75 Å². The van der Waals surface area contributed by atoms with Gasteiger partial charge in [0.15, 0.2) is 23.2 Å². The van der Waals surface area contributed by atoms with E-state index in [4.69, 9.17) is 4.74 Å². The van der Waals surface area contributed by atoms with E-state index in [1.54, 1.807) is 12.1 Å². The van der Waals surface area contributed by atoms with Crippen LogP contribution in [0.2, 0.25) is 0 Å². The van der Waals surface area contributed by atoms with E-state index in [0.29, 0.717) is 16.9 Å². The lowest BCUT2D eigenvalue weighted by Gasteiger charge is -2.42. The molecule has 2 aliphatic rings. The summed E-state index contributed by atoms with van der Waals surface area (Å²) in [5, 5.41) is 0.0715. The fourth-order valence-corrected chi connectivity index (χ4v) is 6.51. The van der Waals surface area contributed by atoms with Crippen molar-refractivity contribution in [2.75, 3.05) is 6.61 Å². The van der Waals surface area contributed by atoms with Gasteiger partial charge in [-0.2, -0.15) is 0 Å². The Morgan fingerprint density at radius 2 is 1.68 bits per heavy atom. The third-order valence-corrected chi connectivity index (χ3v) is 8.35. The van der Waals surface area contributed by atoms with Crippen molar-refractivity contribution in [1.82, 2.24) is 0 Å². The smallest absolute Gasteiger partial charge is 0.175 e. The number of benzene rings is 2. The van der Waals surface area contributed by atoms with Gasteiger partial charge in [0, 0.05) is 0 Å². The molecule has 4 heteroatoms. The Bertz CT molecular complexity index is 985. The van der Waals surface area contributed by atoms with Crippen LogP contribution >= 0.6 is 0 Å². The van der Waals surface area contributed by atoms with Crippen molar-refractivity contribution in [2.45, 2.75) is 89.9 Å². The van der Waals surface area contributed by atoms with Crippen LogP contribution in [0.1, 0.15) is 95.5 Å². The summed E-state index contributed by atoms with van der Waals surface area (Å²) in [5.74, 6) is -0.750. The first kappa shape index (κ1) is 25.1. The van der Waals surface area contributed by atoms with Gasteiger partial charge in [0.05, 0.1) is 5.39 Å². The van der Waals surface area contributed by atoms with Crippen LogP contribution in [0.25, 0.3) is 10.8 Å². The summed E-state index contributed by atoms with van der Waals surface area (Å²) in [7, 11) is 0. The maximum Gasteiger partial charge on any atom is 0.175 e. The number of ether oxygens (including phenoxy) is 1. The molecular formula is C30H39F3O. The van der Waals surface area contributed by atoms with Crippen molar-refractivity contribution < 1.29 is 17.9 Å². The Kier molecular flexibility index (Phi) is 8.60. The van der Waals surface area contributed by atoms with Crippen molar-refractivity contribution in [3.8, 4) is 5.75 Å². The summed E-state index contributed by atoms with van der Waals surface area (Å²) in [6.45, 7) is 5.90. The Labute approximate surface area is 202 Å². The lowest BCUT2D eigenvalue weighted by atomic mass is 9.63. The molecule has 186 valence electrons. The molecule has 0 bridgehead atoms. The summed E-state index contributed by atoms with van der Waals surface area (Å²) in [6.07, 6.45) is 16.2. The number of hydrogen-bond donors (Lipinski definition) is 0. The molecule has 2 aromatic rings. The highest BCUT2D eigenvalue weighted by atomic mass is 19.2. The third kappa shape index (κ3) is 5.47. The van der Waals surface area contributed by atoms with Gasteiger partial charge < -0.3 is 4.74 Å². The highest BCUT2D eigenvalue weighted by Crippen LogP contribution is 2.49. The van der Waals surface area contributed by atoms with E-state index in [2.05, 4.69) is 13.5 Å². The van der Waals surface area contributed by atoms with Crippen molar-refractivity contribution in [1.29, 1.82) is 0 Å². The Morgan fingerprint density at radius 1 is 0.912 bits per heavy atom. The molecule has 0 heterocycles. The molecule has 4 rings (SSSR count). The van der Waals surface area contributed by atoms with Gasteiger partial charge in [-0.05, 0) is 78.9 Å². The fourth-order valence-electron chi connectivity index (χ4n) is 6.51. The van der Waals surface area contributed by atoms with E-state index in [9.17, 15) is 4.39 Å². The average molecular weight is 473 g/mol. The zero-order valence-electron chi connectivity index (χ0n) is 20.6. The summed E-state index contributed by atoms with van der Waals surface area (Å²) in [5.41, 5.74) is 0.417. The van der Waals surface area contributed by atoms with Crippen LogP contribution in [0.4, 0.5) is 13.2 Å². The zero-order valence-corrected chi connectivity index (χ0v) is 20.6. The molecule has 2 fully saturated rings. The molecule has 0 saturated heterocycles. The second-order valence-corrected chi connectivity index (χ2v) is 10.6. The number of rotatable bonds is 10. The van der Waals surface area contributed by atoms with Gasteiger partial charge in [0.25, 0.3) is 0 Å². The molecule has 0 amide bonds. The Morgan fingerprint density at radius 3 is 2.47 bits per heavy atom. The SMILES string of the molecule is C=CCOc1ccc2cc(C3CCC4CC(CCCCCCC)CCC4C3)c(F)c(F)c2c1F. The van der Waals surface area contributed by atoms with Crippen LogP contribution in [0.15, 0.2) is 30.9 Å². The quantitative estimate of drug-likeness (QED) is 0.247. The van der Waals surface area contributed by atoms with Gasteiger partial charge in [0.1, 0.15) is 6.61 Å². The Balaban J connectivity index is 1.43. The molecule has 0 aliphatic heterocycles. The van der Waals surface area contributed by atoms with Crippen LogP contribution in [-0.4, -0.2) is 6.61 Å². The number of halogens is 3. The second-order valence-electron chi connectivity index (χ2n) is 10.6. The highest BCUT2D eigenvalue weighted by Gasteiger charge is 2.37.